The van der Waals surface area contributed by atoms with Crippen molar-refractivity contribution in [1.82, 2.24) is 9.97 Å². The molecule has 0 fully saturated rings. The van der Waals surface area contributed by atoms with E-state index in [1.807, 2.05) is 6.07 Å². The molecular formula is C6H4N2S2. The summed E-state index contributed by atoms with van der Waals surface area (Å²) in [5, 5.41) is 0. The van der Waals surface area contributed by atoms with Crippen LogP contribution >= 0.6 is 24.0 Å². The van der Waals surface area contributed by atoms with Crippen LogP contribution in [-0.2, 0) is 0 Å². The smallest absolute Gasteiger partial charge is 0.148 e. The average Bonchev–Trinajstić information content (AvgIpc) is 2.27. The molecule has 0 bridgehead atoms. The van der Waals surface area contributed by atoms with Crippen molar-refractivity contribution in [2.75, 3.05) is 0 Å². The fourth-order valence-corrected chi connectivity index (χ4v) is 1.84. The van der Waals surface area contributed by atoms with Crippen LogP contribution in [0.4, 0.5) is 0 Å². The first kappa shape index (κ1) is 6.12. The van der Waals surface area contributed by atoms with Crippen LogP contribution in [0.5, 0.6) is 0 Å². The minimum atomic E-state index is 0.794. The van der Waals surface area contributed by atoms with Crippen molar-refractivity contribution in [1.29, 1.82) is 0 Å². The number of hydrogen-bond acceptors (Lipinski definition) is 4. The Morgan fingerprint density at radius 2 is 2.40 bits per heavy atom. The highest BCUT2D eigenvalue weighted by atomic mass is 32.2. The molecule has 0 N–H and O–H groups in total. The Balaban J connectivity index is 2.88. The second-order valence-corrected chi connectivity index (χ2v) is 3.60. The summed E-state index contributed by atoms with van der Waals surface area (Å²) in [6, 6.07) is 1.88. The van der Waals surface area contributed by atoms with Gasteiger partial charge in [0.1, 0.15) is 4.34 Å². The van der Waals surface area contributed by atoms with Crippen molar-refractivity contribution in [3.05, 3.63) is 18.5 Å². The number of pyridine rings is 1. The molecule has 2 aromatic heterocycles. The molecule has 0 atom stereocenters. The maximum atomic E-state index is 4.16. The SMILES string of the molecule is Sc1nc2ccncc2s1. The normalized spacial score (nSPS) is 10.5. The zero-order valence-corrected chi connectivity index (χ0v) is 6.69. The number of aromatic nitrogens is 2. The van der Waals surface area contributed by atoms with Gasteiger partial charge in [-0.2, -0.15) is 0 Å². The molecule has 0 saturated heterocycles. The fraction of sp³-hybridized carbons (Fsp3) is 0. The third kappa shape index (κ3) is 0.892. The molecule has 0 spiro atoms. The van der Waals surface area contributed by atoms with Crippen molar-refractivity contribution in [2.45, 2.75) is 4.34 Å². The number of rotatable bonds is 0. The number of hydrogen-bond donors (Lipinski definition) is 1. The first-order valence-corrected chi connectivity index (χ1v) is 4.02. The van der Waals surface area contributed by atoms with E-state index in [0.29, 0.717) is 0 Å². The molecule has 0 aliphatic carbocycles. The molecule has 0 aliphatic rings. The van der Waals surface area contributed by atoms with Gasteiger partial charge in [-0.25, -0.2) is 4.98 Å². The lowest BCUT2D eigenvalue weighted by atomic mass is 10.5. The monoisotopic (exact) mass is 168 g/mol. The molecule has 0 aromatic carbocycles. The lowest BCUT2D eigenvalue weighted by Gasteiger charge is -1.79. The van der Waals surface area contributed by atoms with Crippen LogP contribution in [-0.4, -0.2) is 9.97 Å². The van der Waals surface area contributed by atoms with Gasteiger partial charge in [0, 0.05) is 12.4 Å². The van der Waals surface area contributed by atoms with Crippen LogP contribution < -0.4 is 0 Å². The van der Waals surface area contributed by atoms with Gasteiger partial charge in [-0.15, -0.1) is 24.0 Å². The van der Waals surface area contributed by atoms with E-state index < -0.39 is 0 Å². The predicted molar refractivity (Wildman–Crippen MR) is 44.7 cm³/mol. The molecule has 2 rings (SSSR count). The molecule has 50 valence electrons. The number of fused-ring (bicyclic) bond motifs is 1. The van der Waals surface area contributed by atoms with Crippen molar-refractivity contribution >= 4 is 34.2 Å². The zero-order valence-electron chi connectivity index (χ0n) is 4.98. The van der Waals surface area contributed by atoms with Crippen molar-refractivity contribution in [3.63, 3.8) is 0 Å². The summed E-state index contributed by atoms with van der Waals surface area (Å²) in [5.74, 6) is 0. The van der Waals surface area contributed by atoms with Crippen LogP contribution in [0.1, 0.15) is 0 Å². The predicted octanol–water partition coefficient (Wildman–Crippen LogP) is 1.98. The van der Waals surface area contributed by atoms with Gasteiger partial charge in [-0.3, -0.25) is 4.98 Å². The van der Waals surface area contributed by atoms with E-state index in [2.05, 4.69) is 22.6 Å². The maximum Gasteiger partial charge on any atom is 0.148 e. The molecule has 2 aromatic rings. The first-order chi connectivity index (χ1) is 4.86. The molecule has 0 saturated carbocycles. The molecule has 0 radical (unpaired) electrons. The van der Waals surface area contributed by atoms with Gasteiger partial charge in [0.05, 0.1) is 10.2 Å². The van der Waals surface area contributed by atoms with Gasteiger partial charge in [-0.05, 0) is 6.07 Å². The van der Waals surface area contributed by atoms with Gasteiger partial charge >= 0.3 is 0 Å². The van der Waals surface area contributed by atoms with E-state index in [-0.39, 0.29) is 0 Å². The van der Waals surface area contributed by atoms with E-state index >= 15 is 0 Å². The summed E-state index contributed by atoms with van der Waals surface area (Å²) in [4.78, 5) is 8.12. The average molecular weight is 168 g/mol. The summed E-state index contributed by atoms with van der Waals surface area (Å²) >= 11 is 5.67. The Hall–Kier alpha value is -0.610. The second kappa shape index (κ2) is 2.21. The zero-order chi connectivity index (χ0) is 6.97. The van der Waals surface area contributed by atoms with Gasteiger partial charge < -0.3 is 0 Å². The Morgan fingerprint density at radius 1 is 1.50 bits per heavy atom. The van der Waals surface area contributed by atoms with Crippen LogP contribution in [0, 0.1) is 0 Å². The Kier molecular flexibility index (Phi) is 1.35. The van der Waals surface area contributed by atoms with Crippen LogP contribution in [0.2, 0.25) is 0 Å². The molecule has 2 heterocycles. The topological polar surface area (TPSA) is 25.8 Å². The van der Waals surface area contributed by atoms with Gasteiger partial charge in [0.2, 0.25) is 0 Å². The molecule has 0 unspecified atom stereocenters. The van der Waals surface area contributed by atoms with Crippen molar-refractivity contribution in [3.8, 4) is 0 Å². The van der Waals surface area contributed by atoms with Crippen LogP contribution in [0.25, 0.3) is 10.2 Å². The van der Waals surface area contributed by atoms with E-state index in [9.17, 15) is 0 Å². The van der Waals surface area contributed by atoms with E-state index in [0.717, 1.165) is 14.6 Å². The van der Waals surface area contributed by atoms with Gasteiger partial charge in [0.15, 0.2) is 0 Å². The number of nitrogens with zero attached hydrogens (tertiary/aromatic N) is 2. The van der Waals surface area contributed by atoms with Gasteiger partial charge in [-0.1, -0.05) is 0 Å². The molecule has 0 amide bonds. The summed E-state index contributed by atoms with van der Waals surface area (Å²) in [6.45, 7) is 0. The van der Waals surface area contributed by atoms with Crippen molar-refractivity contribution < 1.29 is 0 Å². The number of thiol groups is 1. The van der Waals surface area contributed by atoms with Crippen LogP contribution in [0.15, 0.2) is 22.8 Å². The third-order valence-corrected chi connectivity index (χ3v) is 2.36. The highest BCUT2D eigenvalue weighted by Crippen LogP contribution is 2.22. The quantitative estimate of drug-likeness (QED) is 0.609. The molecule has 2 nitrogen and oxygen atoms in total. The highest BCUT2D eigenvalue weighted by Gasteiger charge is 1.97. The maximum absolute atomic E-state index is 4.16. The standard InChI is InChI=1S/C6H4N2S2/c9-6-8-4-1-2-7-3-5(4)10-6/h1-3H,(H,8,9). The fourth-order valence-electron chi connectivity index (χ4n) is 0.768. The molecular weight excluding hydrogens is 164 g/mol. The lowest BCUT2D eigenvalue weighted by Crippen LogP contribution is -1.67. The second-order valence-electron chi connectivity index (χ2n) is 1.84. The van der Waals surface area contributed by atoms with E-state index in [1.54, 1.807) is 23.7 Å². The molecule has 0 aliphatic heterocycles. The van der Waals surface area contributed by atoms with E-state index in [1.165, 1.54) is 0 Å². The third-order valence-electron chi connectivity index (χ3n) is 1.18. The summed E-state index contributed by atoms with van der Waals surface area (Å²) < 4.78 is 1.88. The highest BCUT2D eigenvalue weighted by molar-refractivity contribution is 7.82. The van der Waals surface area contributed by atoms with Crippen LogP contribution in [0.3, 0.4) is 0 Å². The first-order valence-electron chi connectivity index (χ1n) is 2.76. The Morgan fingerprint density at radius 3 is 3.20 bits per heavy atom. The molecule has 10 heavy (non-hydrogen) atoms. The molecule has 4 heteroatoms. The number of thiazole rings is 1. The van der Waals surface area contributed by atoms with Crippen molar-refractivity contribution in [2.24, 2.45) is 0 Å². The minimum Gasteiger partial charge on any atom is -0.263 e. The Bertz CT molecular complexity index is 322. The summed E-state index contributed by atoms with van der Waals surface area (Å²) in [6.07, 6.45) is 3.53. The summed E-state index contributed by atoms with van der Waals surface area (Å²) in [7, 11) is 0. The van der Waals surface area contributed by atoms with Gasteiger partial charge in [0.25, 0.3) is 0 Å². The minimum absolute atomic E-state index is 0.794. The summed E-state index contributed by atoms with van der Waals surface area (Å²) in [5.41, 5.74) is 0.977. The van der Waals surface area contributed by atoms with E-state index in [4.69, 9.17) is 0 Å². The lowest BCUT2D eigenvalue weighted by molar-refractivity contribution is 1.29. The Labute approximate surface area is 67.3 Å². The largest absolute Gasteiger partial charge is 0.263 e.